The number of fused-ring (bicyclic) bond motifs is 1. The van der Waals surface area contributed by atoms with Crippen molar-refractivity contribution in [1.82, 2.24) is 9.38 Å². The number of imidazole rings is 1. The molecule has 0 saturated carbocycles. The number of aromatic nitrogens is 2. The lowest BCUT2D eigenvalue weighted by Crippen LogP contribution is -2.14. The van der Waals surface area contributed by atoms with E-state index in [0.29, 0.717) is 0 Å². The van der Waals surface area contributed by atoms with Gasteiger partial charge in [-0.15, -0.1) is 0 Å². The smallest absolute Gasteiger partial charge is 0.110 e. The fourth-order valence-electron chi connectivity index (χ4n) is 1.77. The SMILES string of the molecule is Cc1nc(C)n2ccc(C(N)CO)cc12. The molecular formula is C11H15N3O. The number of aliphatic hydroxyl groups excluding tert-OH is 1. The largest absolute Gasteiger partial charge is 0.394 e. The minimum Gasteiger partial charge on any atom is -0.394 e. The zero-order valence-corrected chi connectivity index (χ0v) is 8.94. The van der Waals surface area contributed by atoms with E-state index in [2.05, 4.69) is 4.98 Å². The van der Waals surface area contributed by atoms with Crippen LogP contribution in [0, 0.1) is 13.8 Å². The summed E-state index contributed by atoms with van der Waals surface area (Å²) in [6.07, 6.45) is 1.94. The highest BCUT2D eigenvalue weighted by Gasteiger charge is 2.08. The molecule has 0 aliphatic carbocycles. The molecule has 1 unspecified atom stereocenters. The molecule has 0 spiro atoms. The van der Waals surface area contributed by atoms with Crippen LogP contribution in [0.25, 0.3) is 5.52 Å². The summed E-state index contributed by atoms with van der Waals surface area (Å²) in [7, 11) is 0. The first kappa shape index (κ1) is 10.1. The van der Waals surface area contributed by atoms with E-state index in [1.165, 1.54) is 0 Å². The number of pyridine rings is 1. The minimum absolute atomic E-state index is 0.0393. The van der Waals surface area contributed by atoms with Gasteiger partial charge in [0.25, 0.3) is 0 Å². The van der Waals surface area contributed by atoms with Gasteiger partial charge >= 0.3 is 0 Å². The van der Waals surface area contributed by atoms with Gasteiger partial charge in [-0.25, -0.2) is 4.98 Å². The second kappa shape index (κ2) is 3.64. The van der Waals surface area contributed by atoms with E-state index >= 15 is 0 Å². The molecule has 2 aromatic heterocycles. The second-order valence-corrected chi connectivity index (χ2v) is 3.75. The van der Waals surface area contributed by atoms with Crippen molar-refractivity contribution >= 4 is 5.52 Å². The number of aryl methyl sites for hydroxylation is 2. The number of hydrogen-bond acceptors (Lipinski definition) is 3. The summed E-state index contributed by atoms with van der Waals surface area (Å²) >= 11 is 0. The quantitative estimate of drug-likeness (QED) is 0.767. The Balaban J connectivity index is 2.60. The van der Waals surface area contributed by atoms with Crippen molar-refractivity contribution in [2.75, 3.05) is 6.61 Å². The Bertz CT molecular complexity index is 490. The molecule has 0 aliphatic rings. The van der Waals surface area contributed by atoms with Crippen LogP contribution >= 0.6 is 0 Å². The topological polar surface area (TPSA) is 63.5 Å². The summed E-state index contributed by atoms with van der Waals surface area (Å²) in [6, 6.07) is 3.59. The molecule has 3 N–H and O–H groups in total. The molecule has 15 heavy (non-hydrogen) atoms. The van der Waals surface area contributed by atoms with Crippen LogP contribution in [-0.4, -0.2) is 21.1 Å². The third kappa shape index (κ3) is 1.62. The van der Waals surface area contributed by atoms with E-state index < -0.39 is 0 Å². The lowest BCUT2D eigenvalue weighted by atomic mass is 10.1. The standard InChI is InChI=1S/C11H15N3O/c1-7-11-5-9(10(12)6-15)3-4-14(11)8(2)13-7/h3-5,10,15H,6,12H2,1-2H3. The Morgan fingerprint density at radius 1 is 1.53 bits per heavy atom. The van der Waals surface area contributed by atoms with Crippen molar-refractivity contribution in [2.45, 2.75) is 19.9 Å². The molecule has 0 radical (unpaired) electrons. The average molecular weight is 205 g/mol. The van der Waals surface area contributed by atoms with Crippen molar-refractivity contribution in [3.8, 4) is 0 Å². The van der Waals surface area contributed by atoms with Crippen LogP contribution in [0.15, 0.2) is 18.3 Å². The summed E-state index contributed by atoms with van der Waals surface area (Å²) in [4.78, 5) is 4.38. The van der Waals surface area contributed by atoms with Gasteiger partial charge in [0, 0.05) is 6.20 Å². The minimum atomic E-state index is -0.315. The zero-order valence-electron chi connectivity index (χ0n) is 8.94. The highest BCUT2D eigenvalue weighted by Crippen LogP contribution is 2.17. The van der Waals surface area contributed by atoms with Crippen molar-refractivity contribution < 1.29 is 5.11 Å². The van der Waals surface area contributed by atoms with Crippen LogP contribution in [0.1, 0.15) is 23.1 Å². The molecule has 2 rings (SSSR count). The third-order valence-electron chi connectivity index (χ3n) is 2.65. The van der Waals surface area contributed by atoms with Crippen LogP contribution in [0.4, 0.5) is 0 Å². The van der Waals surface area contributed by atoms with Crippen LogP contribution in [0.3, 0.4) is 0 Å². The Hall–Kier alpha value is -1.39. The lowest BCUT2D eigenvalue weighted by molar-refractivity contribution is 0.268. The van der Waals surface area contributed by atoms with E-state index in [1.54, 1.807) is 0 Å². The molecule has 2 aromatic rings. The van der Waals surface area contributed by atoms with Gasteiger partial charge in [-0.1, -0.05) is 0 Å². The van der Waals surface area contributed by atoms with Gasteiger partial charge in [0.1, 0.15) is 5.82 Å². The highest BCUT2D eigenvalue weighted by atomic mass is 16.3. The summed E-state index contributed by atoms with van der Waals surface area (Å²) in [5, 5.41) is 8.99. The van der Waals surface area contributed by atoms with Crippen molar-refractivity contribution in [3.63, 3.8) is 0 Å². The monoisotopic (exact) mass is 205 g/mol. The second-order valence-electron chi connectivity index (χ2n) is 3.75. The fourth-order valence-corrected chi connectivity index (χ4v) is 1.77. The van der Waals surface area contributed by atoms with E-state index in [1.807, 2.05) is 36.6 Å². The van der Waals surface area contributed by atoms with Gasteiger partial charge in [0.05, 0.1) is 23.9 Å². The Kier molecular flexibility index (Phi) is 2.46. The van der Waals surface area contributed by atoms with Crippen molar-refractivity contribution in [3.05, 3.63) is 35.4 Å². The van der Waals surface area contributed by atoms with Crippen LogP contribution < -0.4 is 5.73 Å². The fraction of sp³-hybridized carbons (Fsp3) is 0.364. The van der Waals surface area contributed by atoms with E-state index in [9.17, 15) is 0 Å². The molecule has 0 aromatic carbocycles. The number of nitrogens with two attached hydrogens (primary N) is 1. The van der Waals surface area contributed by atoms with Crippen LogP contribution in [0.2, 0.25) is 0 Å². The average Bonchev–Trinajstić information content (AvgIpc) is 2.53. The highest BCUT2D eigenvalue weighted by molar-refractivity contribution is 5.54. The first-order valence-electron chi connectivity index (χ1n) is 4.95. The zero-order chi connectivity index (χ0) is 11.0. The predicted octanol–water partition coefficient (Wildman–Crippen LogP) is 0.943. The van der Waals surface area contributed by atoms with Gasteiger partial charge in [0.2, 0.25) is 0 Å². The Labute approximate surface area is 88.4 Å². The molecule has 0 fully saturated rings. The molecule has 0 saturated heterocycles. The molecule has 80 valence electrons. The normalized spacial score (nSPS) is 13.3. The van der Waals surface area contributed by atoms with E-state index in [4.69, 9.17) is 10.8 Å². The van der Waals surface area contributed by atoms with Crippen LogP contribution in [-0.2, 0) is 0 Å². The molecular weight excluding hydrogens is 190 g/mol. The molecule has 0 bridgehead atoms. The van der Waals surface area contributed by atoms with E-state index in [0.717, 1.165) is 22.6 Å². The maximum Gasteiger partial charge on any atom is 0.110 e. The van der Waals surface area contributed by atoms with E-state index in [-0.39, 0.29) is 12.6 Å². The number of rotatable bonds is 2. The van der Waals surface area contributed by atoms with Crippen molar-refractivity contribution in [2.24, 2.45) is 5.73 Å². The summed E-state index contributed by atoms with van der Waals surface area (Å²) in [5.74, 6) is 0.964. The maximum absolute atomic E-state index is 8.99. The summed E-state index contributed by atoms with van der Waals surface area (Å²) in [5.41, 5.74) is 8.74. The molecule has 0 aliphatic heterocycles. The molecule has 0 amide bonds. The molecule has 4 nitrogen and oxygen atoms in total. The Morgan fingerprint density at radius 2 is 2.27 bits per heavy atom. The third-order valence-corrected chi connectivity index (χ3v) is 2.65. The Morgan fingerprint density at radius 3 is 2.93 bits per heavy atom. The first-order chi connectivity index (χ1) is 7.13. The summed E-state index contributed by atoms with van der Waals surface area (Å²) in [6.45, 7) is 3.89. The number of hydrogen-bond donors (Lipinski definition) is 2. The summed E-state index contributed by atoms with van der Waals surface area (Å²) < 4.78 is 2.02. The molecule has 1 atom stereocenters. The molecule has 4 heteroatoms. The van der Waals surface area contributed by atoms with Gasteiger partial charge < -0.3 is 15.2 Å². The lowest BCUT2D eigenvalue weighted by Gasteiger charge is -2.09. The van der Waals surface area contributed by atoms with Gasteiger partial charge in [-0.2, -0.15) is 0 Å². The maximum atomic E-state index is 8.99. The predicted molar refractivity (Wildman–Crippen MR) is 58.7 cm³/mol. The van der Waals surface area contributed by atoms with Crippen molar-refractivity contribution in [1.29, 1.82) is 0 Å². The number of aliphatic hydroxyl groups is 1. The van der Waals surface area contributed by atoms with Gasteiger partial charge in [-0.05, 0) is 31.5 Å². The number of nitrogens with zero attached hydrogens (tertiary/aromatic N) is 2. The first-order valence-corrected chi connectivity index (χ1v) is 4.95. The van der Waals surface area contributed by atoms with Gasteiger partial charge in [0.15, 0.2) is 0 Å². The van der Waals surface area contributed by atoms with Crippen LogP contribution in [0.5, 0.6) is 0 Å². The molecule has 2 heterocycles. The van der Waals surface area contributed by atoms with Gasteiger partial charge in [-0.3, -0.25) is 0 Å².